The van der Waals surface area contributed by atoms with Gasteiger partial charge in [0.05, 0.1) is 0 Å². The summed E-state index contributed by atoms with van der Waals surface area (Å²) in [5, 5.41) is 2.88. The number of unbranched alkanes of at least 4 members (excludes halogenated alkanes) is 1. The molecule has 2 fully saturated rings. The third-order valence-electron chi connectivity index (χ3n) is 5.77. The van der Waals surface area contributed by atoms with Crippen LogP contribution < -0.4 is 10.2 Å². The SMILES string of the molecule is CCCCN(C(=O)CN1C(=O)NC2(CCC(C)CC2)C1=O)c1ccccc1. The van der Waals surface area contributed by atoms with Gasteiger partial charge in [-0.2, -0.15) is 0 Å². The van der Waals surface area contributed by atoms with E-state index in [0.29, 0.717) is 25.3 Å². The quantitative estimate of drug-likeness (QED) is 0.780. The van der Waals surface area contributed by atoms with E-state index in [-0.39, 0.29) is 18.4 Å². The number of nitrogens with zero attached hydrogens (tertiary/aromatic N) is 2. The lowest BCUT2D eigenvalue weighted by Crippen LogP contribution is -2.50. The Morgan fingerprint density at radius 3 is 2.52 bits per heavy atom. The first-order chi connectivity index (χ1) is 13.0. The van der Waals surface area contributed by atoms with Crippen LogP contribution in [0, 0.1) is 5.92 Å². The van der Waals surface area contributed by atoms with E-state index in [9.17, 15) is 14.4 Å². The number of anilines is 1. The lowest BCUT2D eigenvalue weighted by Gasteiger charge is -2.33. The van der Waals surface area contributed by atoms with Gasteiger partial charge in [0.25, 0.3) is 5.91 Å². The summed E-state index contributed by atoms with van der Waals surface area (Å²) in [6.45, 7) is 4.60. The standard InChI is InChI=1S/C21H29N3O3/c1-3-4-14-23(17-8-6-5-7-9-17)18(25)15-24-19(26)21(22-20(24)27)12-10-16(2)11-13-21/h5-9,16H,3-4,10-15H2,1-2H3,(H,22,27). The Morgan fingerprint density at radius 2 is 1.89 bits per heavy atom. The molecule has 1 saturated heterocycles. The summed E-state index contributed by atoms with van der Waals surface area (Å²) in [4.78, 5) is 41.2. The molecular formula is C21H29N3O3. The lowest BCUT2D eigenvalue weighted by molar-refractivity contribution is -0.135. The Balaban J connectivity index is 1.73. The van der Waals surface area contributed by atoms with Crippen molar-refractivity contribution in [2.24, 2.45) is 5.92 Å². The maximum Gasteiger partial charge on any atom is 0.325 e. The van der Waals surface area contributed by atoms with Crippen LogP contribution in [-0.2, 0) is 9.59 Å². The van der Waals surface area contributed by atoms with E-state index in [4.69, 9.17) is 0 Å². The molecule has 1 spiro atoms. The largest absolute Gasteiger partial charge is 0.325 e. The van der Waals surface area contributed by atoms with Gasteiger partial charge in [-0.3, -0.25) is 14.5 Å². The Labute approximate surface area is 160 Å². The van der Waals surface area contributed by atoms with Gasteiger partial charge < -0.3 is 10.2 Å². The number of benzene rings is 1. The normalized spacial score (nSPS) is 25.0. The predicted octanol–water partition coefficient (Wildman–Crippen LogP) is 3.32. The summed E-state index contributed by atoms with van der Waals surface area (Å²) in [5.74, 6) is 0.106. The molecule has 6 heteroatoms. The van der Waals surface area contributed by atoms with Crippen LogP contribution >= 0.6 is 0 Å². The van der Waals surface area contributed by atoms with Crippen molar-refractivity contribution < 1.29 is 14.4 Å². The van der Waals surface area contributed by atoms with Crippen LogP contribution in [0.1, 0.15) is 52.4 Å². The molecule has 2 aliphatic rings. The lowest BCUT2D eigenvalue weighted by atomic mass is 9.77. The van der Waals surface area contributed by atoms with Crippen LogP contribution in [0.5, 0.6) is 0 Å². The molecule has 0 radical (unpaired) electrons. The summed E-state index contributed by atoms with van der Waals surface area (Å²) >= 11 is 0. The van der Waals surface area contributed by atoms with Gasteiger partial charge >= 0.3 is 6.03 Å². The second-order valence-corrected chi connectivity index (χ2v) is 7.82. The molecule has 1 aliphatic carbocycles. The number of amides is 4. The molecule has 146 valence electrons. The maximum atomic E-state index is 13.0. The van der Waals surface area contributed by atoms with Crippen molar-refractivity contribution in [2.75, 3.05) is 18.0 Å². The van der Waals surface area contributed by atoms with Gasteiger partial charge in [-0.25, -0.2) is 4.79 Å². The molecule has 1 heterocycles. The second kappa shape index (κ2) is 8.11. The van der Waals surface area contributed by atoms with Crippen molar-refractivity contribution in [2.45, 2.75) is 57.9 Å². The summed E-state index contributed by atoms with van der Waals surface area (Å²) in [6, 6.07) is 8.98. The van der Waals surface area contributed by atoms with E-state index < -0.39 is 11.6 Å². The highest BCUT2D eigenvalue weighted by molar-refractivity contribution is 6.10. The van der Waals surface area contributed by atoms with Gasteiger partial charge in [0.15, 0.2) is 0 Å². The zero-order valence-corrected chi connectivity index (χ0v) is 16.2. The van der Waals surface area contributed by atoms with E-state index in [1.54, 1.807) is 4.90 Å². The summed E-state index contributed by atoms with van der Waals surface area (Å²) in [7, 11) is 0. The monoisotopic (exact) mass is 371 g/mol. The molecule has 1 saturated carbocycles. The average Bonchev–Trinajstić information content (AvgIpc) is 2.90. The number of carbonyl (C=O) groups excluding carboxylic acids is 3. The number of hydrogen-bond acceptors (Lipinski definition) is 3. The van der Waals surface area contributed by atoms with Gasteiger partial charge in [-0.15, -0.1) is 0 Å². The molecule has 0 unspecified atom stereocenters. The number of carbonyl (C=O) groups is 3. The van der Waals surface area contributed by atoms with Gasteiger partial charge in [0.1, 0.15) is 12.1 Å². The number of imide groups is 1. The third kappa shape index (κ3) is 3.99. The fourth-order valence-corrected chi connectivity index (χ4v) is 3.96. The van der Waals surface area contributed by atoms with Gasteiger partial charge in [-0.1, -0.05) is 38.5 Å². The van der Waals surface area contributed by atoms with Crippen molar-refractivity contribution in [1.29, 1.82) is 0 Å². The highest BCUT2D eigenvalue weighted by Crippen LogP contribution is 2.36. The Morgan fingerprint density at radius 1 is 1.22 bits per heavy atom. The van der Waals surface area contributed by atoms with Gasteiger partial charge in [0.2, 0.25) is 5.91 Å². The minimum atomic E-state index is -0.801. The predicted molar refractivity (Wildman–Crippen MR) is 104 cm³/mol. The van der Waals surface area contributed by atoms with Crippen LogP contribution in [0.2, 0.25) is 0 Å². The molecule has 3 rings (SSSR count). The summed E-state index contributed by atoms with van der Waals surface area (Å²) in [6.07, 6.45) is 4.97. The van der Waals surface area contributed by atoms with E-state index in [2.05, 4.69) is 19.2 Å². The van der Waals surface area contributed by atoms with Crippen LogP contribution in [0.15, 0.2) is 30.3 Å². The van der Waals surface area contributed by atoms with Crippen molar-refractivity contribution >= 4 is 23.5 Å². The zero-order chi connectivity index (χ0) is 19.4. The molecule has 0 aromatic heterocycles. The first-order valence-corrected chi connectivity index (χ1v) is 9.96. The van der Waals surface area contributed by atoms with E-state index >= 15 is 0 Å². The number of rotatable bonds is 6. The van der Waals surface area contributed by atoms with Crippen molar-refractivity contribution in [3.8, 4) is 0 Å². The van der Waals surface area contributed by atoms with Crippen LogP contribution in [-0.4, -0.2) is 41.4 Å². The Bertz CT molecular complexity index is 696. The van der Waals surface area contributed by atoms with Crippen molar-refractivity contribution in [3.05, 3.63) is 30.3 Å². The van der Waals surface area contributed by atoms with E-state index in [1.807, 2.05) is 30.3 Å². The third-order valence-corrected chi connectivity index (χ3v) is 5.77. The number of nitrogens with one attached hydrogen (secondary N) is 1. The Hall–Kier alpha value is -2.37. The highest BCUT2D eigenvalue weighted by Gasteiger charge is 2.52. The maximum absolute atomic E-state index is 13.0. The molecule has 0 atom stereocenters. The van der Waals surface area contributed by atoms with Crippen LogP contribution in [0.25, 0.3) is 0 Å². The van der Waals surface area contributed by atoms with Crippen molar-refractivity contribution in [3.63, 3.8) is 0 Å². The molecule has 27 heavy (non-hydrogen) atoms. The van der Waals surface area contributed by atoms with Gasteiger partial charge in [0, 0.05) is 12.2 Å². The van der Waals surface area contributed by atoms with Crippen molar-refractivity contribution in [1.82, 2.24) is 10.2 Å². The first kappa shape index (κ1) is 19.4. The average molecular weight is 371 g/mol. The smallest absolute Gasteiger partial charge is 0.323 e. The topological polar surface area (TPSA) is 69.7 Å². The minimum absolute atomic E-state index is 0.208. The summed E-state index contributed by atoms with van der Waals surface area (Å²) < 4.78 is 0. The Kier molecular flexibility index (Phi) is 5.82. The highest BCUT2D eigenvalue weighted by atomic mass is 16.2. The molecule has 1 aromatic carbocycles. The molecule has 1 aromatic rings. The molecule has 6 nitrogen and oxygen atoms in total. The minimum Gasteiger partial charge on any atom is -0.323 e. The molecule has 0 bridgehead atoms. The molecular weight excluding hydrogens is 342 g/mol. The van der Waals surface area contributed by atoms with Crippen LogP contribution in [0.4, 0.5) is 10.5 Å². The number of hydrogen-bond donors (Lipinski definition) is 1. The second-order valence-electron chi connectivity index (χ2n) is 7.82. The van der Waals surface area contributed by atoms with Crippen LogP contribution in [0.3, 0.4) is 0 Å². The molecule has 1 aliphatic heterocycles. The van der Waals surface area contributed by atoms with Gasteiger partial charge in [-0.05, 0) is 50.2 Å². The van der Waals surface area contributed by atoms with E-state index in [0.717, 1.165) is 36.3 Å². The fraction of sp³-hybridized carbons (Fsp3) is 0.571. The summed E-state index contributed by atoms with van der Waals surface area (Å²) in [5.41, 5.74) is -0.00516. The molecule has 4 amide bonds. The number of urea groups is 1. The zero-order valence-electron chi connectivity index (χ0n) is 16.2. The first-order valence-electron chi connectivity index (χ1n) is 9.96. The number of para-hydroxylation sites is 1. The molecule has 1 N–H and O–H groups in total. The fourth-order valence-electron chi connectivity index (χ4n) is 3.96. The van der Waals surface area contributed by atoms with E-state index in [1.165, 1.54) is 0 Å².